The van der Waals surface area contributed by atoms with Crippen molar-refractivity contribution in [2.45, 2.75) is 50.6 Å². The Morgan fingerprint density at radius 1 is 1.20 bits per heavy atom. The number of sulfonamides is 1. The van der Waals surface area contributed by atoms with Crippen molar-refractivity contribution in [3.05, 3.63) is 24.3 Å². The molecule has 1 rings (SSSR count). The molecule has 0 aliphatic carbocycles. The molecule has 0 aliphatic rings. The van der Waals surface area contributed by atoms with Gasteiger partial charge in [-0.05, 0) is 52.3 Å². The molecule has 0 radical (unpaired) electrons. The summed E-state index contributed by atoms with van der Waals surface area (Å²) in [7, 11) is -3.49. The van der Waals surface area contributed by atoms with Gasteiger partial charge in [-0.3, -0.25) is 0 Å². The first-order chi connectivity index (χ1) is 9.36. The normalized spacial score (nSPS) is 13.4. The highest BCUT2D eigenvalue weighted by molar-refractivity contribution is 7.89. The minimum absolute atomic E-state index is 0.136. The Bertz CT molecular complexity index is 515. The van der Waals surface area contributed by atoms with Crippen LogP contribution in [0.1, 0.15) is 33.6 Å². The second-order valence-corrected chi connectivity index (χ2v) is 6.93. The molecule has 20 heavy (non-hydrogen) atoms. The molecule has 0 spiro atoms. The van der Waals surface area contributed by atoms with Crippen LogP contribution in [-0.4, -0.2) is 27.0 Å². The molecule has 1 aromatic carbocycles. The number of benzene rings is 1. The summed E-state index contributed by atoms with van der Waals surface area (Å²) < 4.78 is 27.2. The zero-order valence-corrected chi connectivity index (χ0v) is 13.2. The SMILES string of the molecule is CC(C)NS(=O)(=O)c1ccccc1NC(C)CCCN. The molecule has 5 nitrogen and oxygen atoms in total. The molecule has 0 saturated carbocycles. The van der Waals surface area contributed by atoms with E-state index >= 15 is 0 Å². The summed E-state index contributed by atoms with van der Waals surface area (Å²) in [6.07, 6.45) is 1.82. The highest BCUT2D eigenvalue weighted by atomic mass is 32.2. The maximum absolute atomic E-state index is 12.3. The number of hydrogen-bond donors (Lipinski definition) is 3. The first-order valence-electron chi connectivity index (χ1n) is 6.94. The van der Waals surface area contributed by atoms with Crippen molar-refractivity contribution in [1.29, 1.82) is 0 Å². The standard InChI is InChI=1S/C14H25N3O2S/c1-11(2)17-20(18,19)14-9-5-4-8-13(14)16-12(3)7-6-10-15/h4-5,8-9,11-12,16-17H,6-7,10,15H2,1-3H3. The highest BCUT2D eigenvalue weighted by Crippen LogP contribution is 2.22. The Balaban J connectivity index is 2.93. The van der Waals surface area contributed by atoms with Crippen molar-refractivity contribution >= 4 is 15.7 Å². The van der Waals surface area contributed by atoms with E-state index in [4.69, 9.17) is 5.73 Å². The lowest BCUT2D eigenvalue weighted by Gasteiger charge is -2.18. The minimum atomic E-state index is -3.49. The summed E-state index contributed by atoms with van der Waals surface area (Å²) in [5.74, 6) is 0. The molecule has 6 heteroatoms. The van der Waals surface area contributed by atoms with Crippen molar-refractivity contribution in [3.8, 4) is 0 Å². The van der Waals surface area contributed by atoms with Crippen LogP contribution in [-0.2, 0) is 10.0 Å². The Labute approximate surface area is 122 Å². The molecule has 0 aliphatic heterocycles. The van der Waals surface area contributed by atoms with Gasteiger partial charge in [-0.25, -0.2) is 13.1 Å². The van der Waals surface area contributed by atoms with E-state index in [2.05, 4.69) is 10.0 Å². The number of rotatable bonds is 8. The Kier molecular flexibility index (Phi) is 6.45. The summed E-state index contributed by atoms with van der Waals surface area (Å²) in [6, 6.07) is 6.99. The van der Waals surface area contributed by atoms with E-state index in [1.165, 1.54) is 0 Å². The van der Waals surface area contributed by atoms with Gasteiger partial charge in [0.05, 0.1) is 5.69 Å². The first kappa shape index (κ1) is 16.9. The fourth-order valence-corrected chi connectivity index (χ4v) is 3.38. The Morgan fingerprint density at radius 3 is 2.45 bits per heavy atom. The molecule has 0 fully saturated rings. The van der Waals surface area contributed by atoms with Gasteiger partial charge in [-0.1, -0.05) is 12.1 Å². The average Bonchev–Trinajstić information content (AvgIpc) is 2.35. The van der Waals surface area contributed by atoms with E-state index in [-0.39, 0.29) is 17.0 Å². The lowest BCUT2D eigenvalue weighted by atomic mass is 10.1. The summed E-state index contributed by atoms with van der Waals surface area (Å²) in [4.78, 5) is 0.285. The van der Waals surface area contributed by atoms with Gasteiger partial charge in [0.15, 0.2) is 0 Å². The van der Waals surface area contributed by atoms with Gasteiger partial charge >= 0.3 is 0 Å². The fraction of sp³-hybridized carbons (Fsp3) is 0.571. The van der Waals surface area contributed by atoms with E-state index in [0.717, 1.165) is 12.8 Å². The van der Waals surface area contributed by atoms with Crippen LogP contribution in [0.15, 0.2) is 29.2 Å². The molecule has 1 unspecified atom stereocenters. The summed E-state index contributed by atoms with van der Waals surface area (Å²) >= 11 is 0. The first-order valence-corrected chi connectivity index (χ1v) is 8.43. The van der Waals surface area contributed by atoms with Crippen LogP contribution < -0.4 is 15.8 Å². The van der Waals surface area contributed by atoms with Crippen molar-refractivity contribution in [1.82, 2.24) is 4.72 Å². The number of anilines is 1. The summed E-state index contributed by atoms with van der Waals surface area (Å²) in [6.45, 7) is 6.27. The van der Waals surface area contributed by atoms with Gasteiger partial charge < -0.3 is 11.1 Å². The van der Waals surface area contributed by atoms with Crippen LogP contribution in [0.5, 0.6) is 0 Å². The third-order valence-electron chi connectivity index (χ3n) is 2.81. The smallest absolute Gasteiger partial charge is 0.242 e. The highest BCUT2D eigenvalue weighted by Gasteiger charge is 2.19. The average molecular weight is 299 g/mol. The van der Waals surface area contributed by atoms with Crippen molar-refractivity contribution in [3.63, 3.8) is 0 Å². The second kappa shape index (κ2) is 7.61. The molecule has 1 aromatic rings. The maximum atomic E-state index is 12.3. The number of nitrogens with two attached hydrogens (primary N) is 1. The van der Waals surface area contributed by atoms with Crippen LogP contribution >= 0.6 is 0 Å². The van der Waals surface area contributed by atoms with Crippen molar-refractivity contribution in [2.75, 3.05) is 11.9 Å². The van der Waals surface area contributed by atoms with E-state index in [1.807, 2.05) is 13.0 Å². The lowest BCUT2D eigenvalue weighted by Crippen LogP contribution is -2.31. The van der Waals surface area contributed by atoms with E-state index in [9.17, 15) is 8.42 Å². The van der Waals surface area contributed by atoms with E-state index in [1.54, 1.807) is 32.0 Å². The summed E-state index contributed by atoms with van der Waals surface area (Å²) in [5.41, 5.74) is 6.12. The van der Waals surface area contributed by atoms with Crippen LogP contribution in [0.4, 0.5) is 5.69 Å². The third-order valence-corrected chi connectivity index (χ3v) is 4.53. The van der Waals surface area contributed by atoms with Crippen LogP contribution in [0, 0.1) is 0 Å². The molecule has 0 saturated heterocycles. The van der Waals surface area contributed by atoms with Gasteiger partial charge in [0.2, 0.25) is 10.0 Å². The largest absolute Gasteiger partial charge is 0.381 e. The second-order valence-electron chi connectivity index (χ2n) is 5.25. The quantitative estimate of drug-likeness (QED) is 0.684. The van der Waals surface area contributed by atoms with E-state index < -0.39 is 10.0 Å². The predicted octanol–water partition coefficient (Wildman–Crippen LogP) is 1.91. The van der Waals surface area contributed by atoms with Crippen molar-refractivity contribution in [2.24, 2.45) is 5.73 Å². The number of nitrogens with one attached hydrogen (secondary N) is 2. The molecule has 0 aromatic heterocycles. The molecule has 4 N–H and O–H groups in total. The number of hydrogen-bond acceptors (Lipinski definition) is 4. The molecule has 0 amide bonds. The zero-order valence-electron chi connectivity index (χ0n) is 12.4. The monoisotopic (exact) mass is 299 g/mol. The molecule has 0 bridgehead atoms. The maximum Gasteiger partial charge on any atom is 0.242 e. The molecule has 114 valence electrons. The third kappa shape index (κ3) is 5.11. The van der Waals surface area contributed by atoms with Gasteiger partial charge in [0.1, 0.15) is 4.90 Å². The summed E-state index contributed by atoms with van der Waals surface area (Å²) in [5, 5.41) is 3.25. The fourth-order valence-electron chi connectivity index (χ4n) is 1.96. The molecule has 0 heterocycles. The van der Waals surface area contributed by atoms with Crippen LogP contribution in [0.3, 0.4) is 0 Å². The van der Waals surface area contributed by atoms with Gasteiger partial charge in [-0.2, -0.15) is 0 Å². The molecular formula is C14H25N3O2S. The van der Waals surface area contributed by atoms with Gasteiger partial charge in [0, 0.05) is 12.1 Å². The lowest BCUT2D eigenvalue weighted by molar-refractivity contribution is 0.570. The predicted molar refractivity (Wildman–Crippen MR) is 83.3 cm³/mol. The van der Waals surface area contributed by atoms with Crippen LogP contribution in [0.25, 0.3) is 0 Å². The van der Waals surface area contributed by atoms with E-state index in [0.29, 0.717) is 12.2 Å². The van der Waals surface area contributed by atoms with Crippen molar-refractivity contribution < 1.29 is 8.42 Å². The van der Waals surface area contributed by atoms with Gasteiger partial charge in [0.25, 0.3) is 0 Å². The molecule has 1 atom stereocenters. The Hall–Kier alpha value is -1.11. The topological polar surface area (TPSA) is 84.2 Å². The Morgan fingerprint density at radius 2 is 1.85 bits per heavy atom. The minimum Gasteiger partial charge on any atom is -0.381 e. The van der Waals surface area contributed by atoms with Gasteiger partial charge in [-0.15, -0.1) is 0 Å². The number of para-hydroxylation sites is 1. The molecular weight excluding hydrogens is 274 g/mol. The van der Waals surface area contributed by atoms with Crippen LogP contribution in [0.2, 0.25) is 0 Å². The zero-order chi connectivity index (χ0) is 15.2.